The average molecular weight is 207 g/mol. The molecule has 0 atom stereocenters. The number of halogens is 1. The summed E-state index contributed by atoms with van der Waals surface area (Å²) in [5.74, 6) is 0.684. The first kappa shape index (κ1) is 9.70. The molecule has 68 valence electrons. The molecule has 0 aliphatic carbocycles. The van der Waals surface area contributed by atoms with Gasteiger partial charge in [-0.25, -0.2) is 0 Å². The van der Waals surface area contributed by atoms with Crippen molar-refractivity contribution in [3.8, 4) is 0 Å². The minimum Gasteiger partial charge on any atom is -0.365 e. The van der Waals surface area contributed by atoms with Crippen LogP contribution in [0.1, 0.15) is 0 Å². The summed E-state index contributed by atoms with van der Waals surface area (Å²) in [6.07, 6.45) is 0. The maximum absolute atomic E-state index is 5.72. The second-order valence-corrected chi connectivity index (χ2v) is 3.52. The Labute approximate surface area is 80.9 Å². The summed E-state index contributed by atoms with van der Waals surface area (Å²) in [5.41, 5.74) is 0. The van der Waals surface area contributed by atoms with E-state index in [2.05, 4.69) is 19.0 Å². The largest absolute Gasteiger partial charge is 0.365 e. The minimum atomic E-state index is 0.457. The van der Waals surface area contributed by atoms with E-state index in [1.54, 1.807) is 0 Å². The molecule has 1 heterocycles. The van der Waals surface area contributed by atoms with Crippen LogP contribution < -0.4 is 5.32 Å². The number of nitrogens with zero attached hydrogens (tertiary/aromatic N) is 3. The number of rotatable bonds is 4. The maximum atomic E-state index is 5.72. The molecule has 0 fully saturated rings. The Hall–Kier alpha value is -0.390. The lowest BCUT2D eigenvalue weighted by molar-refractivity contribution is 0.425. The molecule has 1 rings (SSSR count). The molecule has 0 saturated heterocycles. The zero-order valence-corrected chi connectivity index (χ0v) is 8.61. The van der Waals surface area contributed by atoms with Crippen LogP contribution in [0.4, 0.5) is 5.82 Å². The van der Waals surface area contributed by atoms with Gasteiger partial charge in [0.1, 0.15) is 0 Å². The smallest absolute Gasteiger partial charge is 0.186 e. The van der Waals surface area contributed by atoms with Gasteiger partial charge in [0.15, 0.2) is 11.0 Å². The third-order valence-corrected chi connectivity index (χ3v) is 2.19. The molecule has 0 aromatic carbocycles. The number of anilines is 1. The highest BCUT2D eigenvalue weighted by molar-refractivity contribution is 6.99. The minimum absolute atomic E-state index is 0.457. The van der Waals surface area contributed by atoms with Crippen molar-refractivity contribution in [2.75, 3.05) is 32.5 Å². The molecular weight excluding hydrogens is 196 g/mol. The highest BCUT2D eigenvalue weighted by Crippen LogP contribution is 2.16. The Morgan fingerprint density at radius 2 is 2.25 bits per heavy atom. The van der Waals surface area contributed by atoms with Crippen LogP contribution in [0.3, 0.4) is 0 Å². The van der Waals surface area contributed by atoms with Gasteiger partial charge in [0.25, 0.3) is 0 Å². The molecule has 0 aliphatic rings. The van der Waals surface area contributed by atoms with Crippen molar-refractivity contribution in [3.63, 3.8) is 0 Å². The molecule has 0 saturated carbocycles. The SMILES string of the molecule is CN(C)CCNc1nsnc1Cl. The second kappa shape index (κ2) is 4.59. The van der Waals surface area contributed by atoms with Crippen molar-refractivity contribution in [2.45, 2.75) is 0 Å². The molecule has 0 amide bonds. The molecule has 0 spiro atoms. The van der Waals surface area contributed by atoms with E-state index >= 15 is 0 Å². The van der Waals surface area contributed by atoms with Gasteiger partial charge in [0, 0.05) is 13.1 Å². The van der Waals surface area contributed by atoms with Gasteiger partial charge in [-0.15, -0.1) is 0 Å². The van der Waals surface area contributed by atoms with Crippen molar-refractivity contribution in [3.05, 3.63) is 5.15 Å². The Morgan fingerprint density at radius 1 is 1.50 bits per heavy atom. The predicted molar refractivity (Wildman–Crippen MR) is 52.0 cm³/mol. The third kappa shape index (κ3) is 2.92. The van der Waals surface area contributed by atoms with E-state index in [0.717, 1.165) is 24.8 Å². The Kier molecular flexibility index (Phi) is 3.71. The fourth-order valence-corrected chi connectivity index (χ4v) is 1.36. The maximum Gasteiger partial charge on any atom is 0.186 e. The topological polar surface area (TPSA) is 41.0 Å². The number of hydrogen-bond donors (Lipinski definition) is 1. The monoisotopic (exact) mass is 206 g/mol. The van der Waals surface area contributed by atoms with Crippen LogP contribution in [0.5, 0.6) is 0 Å². The first-order valence-electron chi connectivity index (χ1n) is 3.57. The molecule has 6 heteroatoms. The van der Waals surface area contributed by atoms with Gasteiger partial charge in [-0.3, -0.25) is 0 Å². The summed E-state index contributed by atoms with van der Waals surface area (Å²) in [6.45, 7) is 1.78. The lowest BCUT2D eigenvalue weighted by Gasteiger charge is -2.09. The van der Waals surface area contributed by atoms with Crippen LogP contribution in [0.2, 0.25) is 5.15 Å². The molecule has 0 aliphatic heterocycles. The predicted octanol–water partition coefficient (Wildman–Crippen LogP) is 1.17. The lowest BCUT2D eigenvalue weighted by atomic mass is 10.5. The molecule has 12 heavy (non-hydrogen) atoms. The van der Waals surface area contributed by atoms with Crippen molar-refractivity contribution in [1.29, 1.82) is 0 Å². The molecule has 0 unspecified atom stereocenters. The van der Waals surface area contributed by atoms with E-state index < -0.39 is 0 Å². The quantitative estimate of drug-likeness (QED) is 0.803. The highest BCUT2D eigenvalue weighted by Gasteiger charge is 2.02. The van der Waals surface area contributed by atoms with Gasteiger partial charge in [0.2, 0.25) is 0 Å². The van der Waals surface area contributed by atoms with Crippen LogP contribution in [0, 0.1) is 0 Å². The van der Waals surface area contributed by atoms with E-state index in [0.29, 0.717) is 11.0 Å². The molecule has 4 nitrogen and oxygen atoms in total. The van der Waals surface area contributed by atoms with Gasteiger partial charge < -0.3 is 10.2 Å². The van der Waals surface area contributed by atoms with Gasteiger partial charge in [-0.2, -0.15) is 8.75 Å². The fraction of sp³-hybridized carbons (Fsp3) is 0.667. The van der Waals surface area contributed by atoms with Crippen LogP contribution in [-0.2, 0) is 0 Å². The Balaban J connectivity index is 2.29. The fourth-order valence-electron chi connectivity index (χ4n) is 0.681. The van der Waals surface area contributed by atoms with E-state index in [1.165, 1.54) is 0 Å². The summed E-state index contributed by atoms with van der Waals surface area (Å²) in [7, 11) is 4.03. The summed E-state index contributed by atoms with van der Waals surface area (Å²) in [4.78, 5) is 2.08. The molecule has 0 radical (unpaired) electrons. The normalized spacial score (nSPS) is 10.7. The number of hydrogen-bond acceptors (Lipinski definition) is 5. The first-order valence-corrected chi connectivity index (χ1v) is 4.67. The van der Waals surface area contributed by atoms with Crippen molar-refractivity contribution < 1.29 is 0 Å². The lowest BCUT2D eigenvalue weighted by Crippen LogP contribution is -2.20. The van der Waals surface area contributed by atoms with Crippen molar-refractivity contribution >= 4 is 29.1 Å². The van der Waals surface area contributed by atoms with Crippen LogP contribution in [-0.4, -0.2) is 40.8 Å². The van der Waals surface area contributed by atoms with Crippen LogP contribution >= 0.6 is 23.3 Å². The van der Waals surface area contributed by atoms with Crippen molar-refractivity contribution in [2.24, 2.45) is 0 Å². The molecule has 0 bridgehead atoms. The zero-order chi connectivity index (χ0) is 8.97. The summed E-state index contributed by atoms with van der Waals surface area (Å²) < 4.78 is 7.82. The summed E-state index contributed by atoms with van der Waals surface area (Å²) >= 11 is 6.83. The Morgan fingerprint density at radius 3 is 2.75 bits per heavy atom. The van der Waals surface area contributed by atoms with Crippen LogP contribution in [0.25, 0.3) is 0 Å². The van der Waals surface area contributed by atoms with Gasteiger partial charge in [0.05, 0.1) is 11.7 Å². The molecular formula is C6H11ClN4S. The standard InChI is InChI=1S/C6H11ClN4S/c1-11(2)4-3-8-6-5(7)9-12-10-6/h3-4H2,1-2H3,(H,8,10). The van der Waals surface area contributed by atoms with Gasteiger partial charge in [-0.05, 0) is 14.1 Å². The van der Waals surface area contributed by atoms with E-state index in [4.69, 9.17) is 11.6 Å². The van der Waals surface area contributed by atoms with E-state index in [1.807, 2.05) is 14.1 Å². The molecule has 1 aromatic rings. The van der Waals surface area contributed by atoms with Crippen LogP contribution in [0.15, 0.2) is 0 Å². The Bertz CT molecular complexity index is 237. The molecule has 1 aromatic heterocycles. The number of likely N-dealkylation sites (N-methyl/N-ethyl adjacent to an activating group) is 1. The van der Waals surface area contributed by atoms with Crippen molar-refractivity contribution in [1.82, 2.24) is 13.6 Å². The van der Waals surface area contributed by atoms with Gasteiger partial charge in [-0.1, -0.05) is 11.6 Å². The average Bonchev–Trinajstić information content (AvgIpc) is 2.36. The highest BCUT2D eigenvalue weighted by atomic mass is 35.5. The van der Waals surface area contributed by atoms with E-state index in [-0.39, 0.29) is 0 Å². The third-order valence-electron chi connectivity index (χ3n) is 1.30. The van der Waals surface area contributed by atoms with Gasteiger partial charge >= 0.3 is 0 Å². The second-order valence-electron chi connectivity index (χ2n) is 2.63. The number of aromatic nitrogens is 2. The first-order chi connectivity index (χ1) is 5.70. The zero-order valence-electron chi connectivity index (χ0n) is 7.04. The summed E-state index contributed by atoms with van der Waals surface area (Å²) in [6, 6.07) is 0. The summed E-state index contributed by atoms with van der Waals surface area (Å²) in [5, 5.41) is 3.54. The van der Waals surface area contributed by atoms with E-state index in [9.17, 15) is 0 Å². The number of nitrogens with one attached hydrogen (secondary N) is 1. The molecule has 1 N–H and O–H groups in total.